The molecule has 2 fully saturated rings. The summed E-state index contributed by atoms with van der Waals surface area (Å²) in [6.07, 6.45) is 9.38. The molecule has 2 aromatic rings. The maximum Gasteiger partial charge on any atom is 0.248 e. The number of hydrogen-bond acceptors (Lipinski definition) is 6. The summed E-state index contributed by atoms with van der Waals surface area (Å²) in [5, 5.41) is 2.77. The molecule has 0 radical (unpaired) electrons. The number of nitrogens with zero attached hydrogens (tertiary/aromatic N) is 2. The Bertz CT molecular complexity index is 1300. The lowest BCUT2D eigenvalue weighted by atomic mass is 9.94. The van der Waals surface area contributed by atoms with E-state index in [1.807, 2.05) is 30.3 Å². The number of primary amides is 1. The highest BCUT2D eigenvalue weighted by atomic mass is 32.2. The van der Waals surface area contributed by atoms with E-state index in [0.29, 0.717) is 30.5 Å². The quantitative estimate of drug-likeness (QED) is 0.377. The van der Waals surface area contributed by atoms with E-state index in [9.17, 15) is 18.0 Å². The van der Waals surface area contributed by atoms with E-state index in [2.05, 4.69) is 19.8 Å². The Morgan fingerprint density at radius 2 is 1.65 bits per heavy atom. The van der Waals surface area contributed by atoms with Crippen LogP contribution in [0.5, 0.6) is 0 Å². The summed E-state index contributed by atoms with van der Waals surface area (Å²) in [7, 11) is -4.15. The van der Waals surface area contributed by atoms with E-state index in [1.165, 1.54) is 44.2 Å². The van der Waals surface area contributed by atoms with Crippen molar-refractivity contribution >= 4 is 39.3 Å². The predicted molar refractivity (Wildman–Crippen MR) is 159 cm³/mol. The fourth-order valence-corrected chi connectivity index (χ4v) is 7.12. The summed E-state index contributed by atoms with van der Waals surface area (Å²) in [6, 6.07) is 13.9. The zero-order valence-corrected chi connectivity index (χ0v) is 24.2. The van der Waals surface area contributed by atoms with Crippen LogP contribution in [0.2, 0.25) is 0 Å². The summed E-state index contributed by atoms with van der Waals surface area (Å²) >= 11 is 0. The number of benzene rings is 2. The lowest BCUT2D eigenvalue weighted by Crippen LogP contribution is -2.51. The molecule has 9 nitrogen and oxygen atoms in total. The first-order chi connectivity index (χ1) is 19.1. The summed E-state index contributed by atoms with van der Waals surface area (Å²) in [4.78, 5) is 29.3. The van der Waals surface area contributed by atoms with Gasteiger partial charge in [0.15, 0.2) is 0 Å². The number of piperazine rings is 1. The lowest BCUT2D eigenvalue weighted by Gasteiger charge is -2.42. The Morgan fingerprint density at radius 1 is 0.975 bits per heavy atom. The van der Waals surface area contributed by atoms with Crippen LogP contribution < -0.4 is 20.7 Å². The van der Waals surface area contributed by atoms with E-state index in [1.54, 1.807) is 32.1 Å². The molecular weight excluding hydrogens is 526 g/mol. The van der Waals surface area contributed by atoms with Crippen molar-refractivity contribution in [3.8, 4) is 0 Å². The molecule has 1 heterocycles. The van der Waals surface area contributed by atoms with E-state index in [0.717, 1.165) is 18.7 Å². The predicted octanol–water partition coefficient (Wildman–Crippen LogP) is 3.58. The van der Waals surface area contributed by atoms with Gasteiger partial charge in [-0.3, -0.25) is 14.5 Å². The molecule has 10 heteroatoms. The Labute approximate surface area is 237 Å². The fourth-order valence-electron chi connectivity index (χ4n) is 5.52. The first-order valence-electron chi connectivity index (χ1n) is 14.1. The van der Waals surface area contributed by atoms with Crippen LogP contribution in [0.3, 0.4) is 0 Å². The third-order valence-electron chi connectivity index (χ3n) is 7.74. The molecule has 40 heavy (non-hydrogen) atoms. The van der Waals surface area contributed by atoms with Crippen molar-refractivity contribution in [2.75, 3.05) is 36.4 Å². The maximum atomic E-state index is 13.7. The average Bonchev–Trinajstić information content (AvgIpc) is 2.96. The normalized spacial score (nSPS) is 18.2. The van der Waals surface area contributed by atoms with Gasteiger partial charge >= 0.3 is 0 Å². The van der Waals surface area contributed by atoms with Gasteiger partial charge in [-0.05, 0) is 48.6 Å². The van der Waals surface area contributed by atoms with Crippen molar-refractivity contribution in [1.82, 2.24) is 9.62 Å². The monoisotopic (exact) mass is 567 g/mol. The summed E-state index contributed by atoms with van der Waals surface area (Å²) < 4.78 is 29.9. The van der Waals surface area contributed by atoms with Gasteiger partial charge in [0.05, 0.1) is 5.69 Å². The molecule has 2 amide bonds. The number of sulfonamides is 1. The van der Waals surface area contributed by atoms with E-state index < -0.39 is 22.0 Å². The average molecular weight is 568 g/mol. The van der Waals surface area contributed by atoms with Gasteiger partial charge in [0.25, 0.3) is 0 Å². The molecule has 2 aromatic carbocycles. The van der Waals surface area contributed by atoms with Crippen LogP contribution in [0.15, 0.2) is 59.5 Å². The van der Waals surface area contributed by atoms with E-state index in [-0.39, 0.29) is 16.7 Å². The Hall–Kier alpha value is -3.21. The molecule has 2 aliphatic rings. The Morgan fingerprint density at radius 3 is 2.27 bits per heavy atom. The number of amides is 2. The van der Waals surface area contributed by atoms with Gasteiger partial charge in [-0.2, -0.15) is 4.72 Å². The molecule has 0 aromatic heterocycles. The summed E-state index contributed by atoms with van der Waals surface area (Å²) in [5.41, 5.74) is 7.28. The molecule has 216 valence electrons. The second-order valence-corrected chi connectivity index (χ2v) is 12.7. The largest absolute Gasteiger partial charge is 0.368 e. The molecule has 1 unspecified atom stereocenters. The van der Waals surface area contributed by atoms with Gasteiger partial charge in [-0.15, -0.1) is 0 Å². The number of rotatable bonds is 10. The zero-order chi connectivity index (χ0) is 28.7. The first kappa shape index (κ1) is 29.8. The summed E-state index contributed by atoms with van der Waals surface area (Å²) in [5.74, 6) is -1.45. The van der Waals surface area contributed by atoms with Crippen LogP contribution in [0, 0.1) is 5.92 Å². The van der Waals surface area contributed by atoms with Crippen LogP contribution >= 0.6 is 0 Å². The number of nitrogens with one attached hydrogen (secondary N) is 2. The number of hydrogen-bond donors (Lipinski definition) is 3. The molecule has 1 saturated heterocycles. The minimum absolute atomic E-state index is 0.00959. The molecule has 0 bridgehead atoms. The second-order valence-electron chi connectivity index (χ2n) is 11.0. The number of carbonyl (C=O) groups is 2. The molecule has 1 saturated carbocycles. The highest BCUT2D eigenvalue weighted by Gasteiger charge is 2.32. The number of anilines is 2. The third kappa shape index (κ3) is 7.71. The van der Waals surface area contributed by atoms with Gasteiger partial charge in [-0.25, -0.2) is 8.42 Å². The van der Waals surface area contributed by atoms with Gasteiger partial charge in [0, 0.05) is 44.0 Å². The molecule has 0 spiro atoms. The lowest BCUT2D eigenvalue weighted by molar-refractivity contribution is -0.120. The van der Waals surface area contributed by atoms with Crippen molar-refractivity contribution in [2.24, 2.45) is 11.7 Å². The van der Waals surface area contributed by atoms with Gasteiger partial charge in [0.1, 0.15) is 10.9 Å². The topological polar surface area (TPSA) is 125 Å². The highest BCUT2D eigenvalue weighted by Crippen LogP contribution is 2.31. The zero-order valence-electron chi connectivity index (χ0n) is 23.4. The Kier molecular flexibility index (Phi) is 9.99. The summed E-state index contributed by atoms with van der Waals surface area (Å²) in [6.45, 7) is 6.56. The van der Waals surface area contributed by atoms with Crippen LogP contribution in [0.25, 0.3) is 6.08 Å². The van der Waals surface area contributed by atoms with Crippen LogP contribution in [-0.4, -0.2) is 63.4 Å². The minimum Gasteiger partial charge on any atom is -0.368 e. The highest BCUT2D eigenvalue weighted by molar-refractivity contribution is 7.89. The molecule has 4 rings (SSSR count). The van der Waals surface area contributed by atoms with Crippen molar-refractivity contribution in [3.63, 3.8) is 0 Å². The van der Waals surface area contributed by atoms with Crippen molar-refractivity contribution in [3.05, 3.63) is 60.2 Å². The van der Waals surface area contributed by atoms with E-state index >= 15 is 0 Å². The minimum atomic E-state index is -4.15. The van der Waals surface area contributed by atoms with Crippen molar-refractivity contribution in [2.45, 2.75) is 62.9 Å². The SMILES string of the molecule is CC(C)C(NS(=O)(=O)c1cc(NC(=O)/C=C/c2ccccc2)ccc1N1CCN(C2CCCCC2)CC1)C(N)=O. The molecule has 4 N–H and O–H groups in total. The number of nitrogens with two attached hydrogens (primary N) is 1. The molecular formula is C30H41N5O4S. The smallest absolute Gasteiger partial charge is 0.248 e. The maximum absolute atomic E-state index is 13.7. The third-order valence-corrected chi connectivity index (χ3v) is 9.22. The van der Waals surface area contributed by atoms with Gasteiger partial charge < -0.3 is 16.0 Å². The van der Waals surface area contributed by atoms with E-state index in [4.69, 9.17) is 5.73 Å². The van der Waals surface area contributed by atoms with Gasteiger partial charge in [-0.1, -0.05) is 63.4 Å². The van der Waals surface area contributed by atoms with Crippen LogP contribution in [0.4, 0.5) is 11.4 Å². The fraction of sp³-hybridized carbons (Fsp3) is 0.467. The number of carbonyl (C=O) groups excluding carboxylic acids is 2. The van der Waals surface area contributed by atoms with Crippen molar-refractivity contribution in [1.29, 1.82) is 0 Å². The Balaban J connectivity index is 1.57. The standard InChI is InChI=1S/C30H41N5O4S/c1-22(2)29(30(31)37)33-40(38,39)27-21-24(32-28(36)16-13-23-9-5-3-6-10-23)14-15-26(27)35-19-17-34(18-20-35)25-11-7-4-8-12-25/h3,5-6,9-10,13-16,21-22,25,29,33H,4,7-8,11-12,17-20H2,1-2H3,(H2,31,37)(H,32,36)/b16-13+. The van der Waals surface area contributed by atoms with Crippen molar-refractivity contribution < 1.29 is 18.0 Å². The van der Waals surface area contributed by atoms with Crippen LogP contribution in [0.1, 0.15) is 51.5 Å². The first-order valence-corrected chi connectivity index (χ1v) is 15.6. The molecule has 1 aliphatic carbocycles. The molecule has 1 aliphatic heterocycles. The van der Waals surface area contributed by atoms with Gasteiger partial charge in [0.2, 0.25) is 21.8 Å². The molecule has 1 atom stereocenters. The van der Waals surface area contributed by atoms with Crippen LogP contribution in [-0.2, 0) is 19.6 Å². The second kappa shape index (κ2) is 13.4.